The Kier molecular flexibility index (Phi) is 4.47. The van der Waals surface area contributed by atoms with Gasteiger partial charge in [-0.05, 0) is 40.9 Å². The van der Waals surface area contributed by atoms with Crippen LogP contribution in [0, 0.1) is 0 Å². The fourth-order valence-corrected chi connectivity index (χ4v) is 2.42. The Hall–Kier alpha value is -1.68. The average Bonchev–Trinajstić information content (AvgIpc) is 2.92. The Morgan fingerprint density at radius 1 is 1.17 bits per heavy atom. The molecule has 0 aliphatic carbocycles. The summed E-state index contributed by atoms with van der Waals surface area (Å²) in [5.41, 5.74) is 2.36. The van der Waals surface area contributed by atoms with E-state index in [1.165, 1.54) is 5.56 Å². The quantitative estimate of drug-likeness (QED) is 0.866. The molecule has 2 rings (SSSR count). The zero-order valence-corrected chi connectivity index (χ0v) is 11.4. The molecule has 4 heteroatoms. The molecule has 3 nitrogen and oxygen atoms in total. The second kappa shape index (κ2) is 6.31. The van der Waals surface area contributed by atoms with Crippen LogP contribution in [-0.4, -0.2) is 20.8 Å². The molecule has 0 saturated carbocycles. The maximum atomic E-state index is 5.34. The lowest BCUT2D eigenvalue weighted by atomic mass is 10.2. The number of thiophene rings is 1. The lowest BCUT2D eigenvalue weighted by molar-refractivity contribution is 0.395. The van der Waals surface area contributed by atoms with Crippen LogP contribution in [0.1, 0.15) is 5.56 Å². The first-order chi connectivity index (χ1) is 8.83. The van der Waals surface area contributed by atoms with Crippen LogP contribution in [0.25, 0.3) is 0 Å². The third-order valence-electron chi connectivity index (χ3n) is 2.72. The second-order valence-corrected chi connectivity index (χ2v) is 4.65. The third kappa shape index (κ3) is 3.17. The van der Waals surface area contributed by atoms with Crippen molar-refractivity contribution in [1.82, 2.24) is 0 Å². The van der Waals surface area contributed by atoms with Gasteiger partial charge in [-0.2, -0.15) is 11.3 Å². The maximum absolute atomic E-state index is 5.34. The Bertz CT molecular complexity index is 483. The van der Waals surface area contributed by atoms with Crippen LogP contribution in [0.15, 0.2) is 35.0 Å². The van der Waals surface area contributed by atoms with Crippen LogP contribution >= 0.6 is 11.3 Å². The topological polar surface area (TPSA) is 30.5 Å². The number of ether oxygens (including phenoxy) is 2. The number of rotatable bonds is 6. The van der Waals surface area contributed by atoms with Crippen LogP contribution in [0.3, 0.4) is 0 Å². The summed E-state index contributed by atoms with van der Waals surface area (Å²) in [6, 6.07) is 7.94. The zero-order chi connectivity index (χ0) is 12.8. The minimum absolute atomic E-state index is 0.801. The molecule has 0 unspecified atom stereocenters. The summed E-state index contributed by atoms with van der Waals surface area (Å²) in [6.45, 7) is 0.888. The van der Waals surface area contributed by atoms with Crippen LogP contribution in [0.2, 0.25) is 0 Å². The lowest BCUT2D eigenvalue weighted by Crippen LogP contribution is -2.05. The van der Waals surface area contributed by atoms with Crippen molar-refractivity contribution in [2.24, 2.45) is 0 Å². The molecule has 0 fully saturated rings. The van der Waals surface area contributed by atoms with Crippen molar-refractivity contribution >= 4 is 17.0 Å². The molecule has 0 atom stereocenters. The number of hydrogen-bond donors (Lipinski definition) is 1. The maximum Gasteiger partial charge on any atom is 0.145 e. The van der Waals surface area contributed by atoms with Crippen molar-refractivity contribution < 1.29 is 9.47 Å². The summed E-state index contributed by atoms with van der Waals surface area (Å²) in [5, 5.41) is 7.65. The van der Waals surface area contributed by atoms with Gasteiger partial charge in [0, 0.05) is 12.6 Å². The van der Waals surface area contributed by atoms with Gasteiger partial charge in [0.2, 0.25) is 0 Å². The molecular weight excluding hydrogens is 246 g/mol. The Morgan fingerprint density at radius 2 is 2.06 bits per heavy atom. The van der Waals surface area contributed by atoms with Gasteiger partial charge in [0.05, 0.1) is 19.9 Å². The summed E-state index contributed by atoms with van der Waals surface area (Å²) in [4.78, 5) is 0. The standard InChI is InChI=1S/C14H17NO2S/c1-16-12-3-4-13(14(9-12)17-2)15-7-5-11-6-8-18-10-11/h3-4,6,8-10,15H,5,7H2,1-2H3. The smallest absolute Gasteiger partial charge is 0.145 e. The van der Waals surface area contributed by atoms with Crippen LogP contribution in [0.4, 0.5) is 5.69 Å². The molecule has 2 aromatic rings. The molecule has 0 saturated heterocycles. The van der Waals surface area contributed by atoms with E-state index < -0.39 is 0 Å². The van der Waals surface area contributed by atoms with Gasteiger partial charge in [0.15, 0.2) is 0 Å². The third-order valence-corrected chi connectivity index (χ3v) is 3.45. The van der Waals surface area contributed by atoms with Crippen molar-refractivity contribution in [3.05, 3.63) is 40.6 Å². The van der Waals surface area contributed by atoms with Crippen molar-refractivity contribution in [1.29, 1.82) is 0 Å². The predicted octanol–water partition coefficient (Wildman–Crippen LogP) is 3.42. The molecule has 1 aromatic carbocycles. The highest BCUT2D eigenvalue weighted by Crippen LogP contribution is 2.28. The number of nitrogens with one attached hydrogen (secondary N) is 1. The van der Waals surface area contributed by atoms with E-state index in [0.717, 1.165) is 30.2 Å². The molecule has 1 N–H and O–H groups in total. The summed E-state index contributed by atoms with van der Waals surface area (Å²) >= 11 is 1.73. The fraction of sp³-hybridized carbons (Fsp3) is 0.286. The molecule has 1 aromatic heterocycles. The molecule has 0 bridgehead atoms. The zero-order valence-electron chi connectivity index (χ0n) is 10.6. The van der Waals surface area contributed by atoms with E-state index in [-0.39, 0.29) is 0 Å². The summed E-state index contributed by atoms with van der Waals surface area (Å²) in [7, 11) is 3.32. The summed E-state index contributed by atoms with van der Waals surface area (Å²) in [5.74, 6) is 1.61. The van der Waals surface area contributed by atoms with Gasteiger partial charge in [0.1, 0.15) is 11.5 Å². The normalized spacial score (nSPS) is 10.1. The highest BCUT2D eigenvalue weighted by Gasteiger charge is 2.04. The van der Waals surface area contributed by atoms with Crippen LogP contribution < -0.4 is 14.8 Å². The molecule has 1 heterocycles. The molecule has 96 valence electrons. The van der Waals surface area contributed by atoms with Gasteiger partial charge in [-0.1, -0.05) is 0 Å². The largest absolute Gasteiger partial charge is 0.497 e. The van der Waals surface area contributed by atoms with Gasteiger partial charge in [-0.15, -0.1) is 0 Å². The van der Waals surface area contributed by atoms with Crippen molar-refractivity contribution in [3.63, 3.8) is 0 Å². The molecular formula is C14H17NO2S. The fourth-order valence-electron chi connectivity index (χ4n) is 1.72. The highest BCUT2D eigenvalue weighted by molar-refractivity contribution is 7.07. The predicted molar refractivity (Wildman–Crippen MR) is 76.1 cm³/mol. The van der Waals surface area contributed by atoms with Gasteiger partial charge in [-0.3, -0.25) is 0 Å². The van der Waals surface area contributed by atoms with Gasteiger partial charge < -0.3 is 14.8 Å². The van der Waals surface area contributed by atoms with E-state index >= 15 is 0 Å². The molecule has 0 amide bonds. The monoisotopic (exact) mass is 263 g/mol. The minimum Gasteiger partial charge on any atom is -0.497 e. The SMILES string of the molecule is COc1ccc(NCCc2ccsc2)c(OC)c1. The van der Waals surface area contributed by atoms with Gasteiger partial charge in [0.25, 0.3) is 0 Å². The Morgan fingerprint density at radius 3 is 2.72 bits per heavy atom. The summed E-state index contributed by atoms with van der Waals surface area (Å²) < 4.78 is 10.5. The molecule has 18 heavy (non-hydrogen) atoms. The van der Waals surface area contributed by atoms with Crippen molar-refractivity contribution in [2.75, 3.05) is 26.1 Å². The molecule has 0 aliphatic heterocycles. The molecule has 0 aliphatic rings. The number of anilines is 1. The van der Waals surface area contributed by atoms with E-state index in [1.54, 1.807) is 25.6 Å². The first kappa shape index (κ1) is 12.8. The van der Waals surface area contributed by atoms with Crippen LogP contribution in [-0.2, 0) is 6.42 Å². The van der Waals surface area contributed by atoms with Crippen molar-refractivity contribution in [2.45, 2.75) is 6.42 Å². The molecule has 0 radical (unpaired) electrons. The summed E-state index contributed by atoms with van der Waals surface area (Å²) in [6.07, 6.45) is 1.01. The van der Waals surface area contributed by atoms with E-state index in [0.29, 0.717) is 0 Å². The van der Waals surface area contributed by atoms with E-state index in [2.05, 4.69) is 22.1 Å². The van der Waals surface area contributed by atoms with Gasteiger partial charge in [-0.25, -0.2) is 0 Å². The van der Waals surface area contributed by atoms with E-state index in [1.807, 2.05) is 18.2 Å². The second-order valence-electron chi connectivity index (χ2n) is 3.87. The van der Waals surface area contributed by atoms with E-state index in [9.17, 15) is 0 Å². The van der Waals surface area contributed by atoms with Gasteiger partial charge >= 0.3 is 0 Å². The highest BCUT2D eigenvalue weighted by atomic mass is 32.1. The van der Waals surface area contributed by atoms with E-state index in [4.69, 9.17) is 9.47 Å². The van der Waals surface area contributed by atoms with Crippen LogP contribution in [0.5, 0.6) is 11.5 Å². The number of hydrogen-bond acceptors (Lipinski definition) is 4. The molecule has 0 spiro atoms. The number of benzene rings is 1. The first-order valence-electron chi connectivity index (χ1n) is 5.80. The Labute approximate surface area is 111 Å². The minimum atomic E-state index is 0.801. The average molecular weight is 263 g/mol. The lowest BCUT2D eigenvalue weighted by Gasteiger charge is -2.12. The Balaban J connectivity index is 1.96. The van der Waals surface area contributed by atoms with Crippen molar-refractivity contribution in [3.8, 4) is 11.5 Å². The number of methoxy groups -OCH3 is 2. The first-order valence-corrected chi connectivity index (χ1v) is 6.74.